The molecule has 26 heavy (non-hydrogen) atoms. The number of nitrogens with zero attached hydrogens (tertiary/aromatic N) is 3. The van der Waals surface area contributed by atoms with E-state index in [4.69, 9.17) is 22.1 Å². The van der Waals surface area contributed by atoms with Crippen LogP contribution in [0, 0.1) is 0 Å². The van der Waals surface area contributed by atoms with Crippen LogP contribution < -0.4 is 5.73 Å². The number of nitrogen functional groups attached to an aromatic ring is 1. The number of aromatic nitrogens is 2. The van der Waals surface area contributed by atoms with Crippen LogP contribution in [-0.4, -0.2) is 39.5 Å². The Bertz CT molecular complexity index is 836. The fourth-order valence-corrected chi connectivity index (χ4v) is 3.25. The van der Waals surface area contributed by atoms with Crippen molar-refractivity contribution in [2.75, 3.05) is 18.9 Å². The second kappa shape index (κ2) is 7.05. The highest BCUT2D eigenvalue weighted by Crippen LogP contribution is 2.34. The predicted molar refractivity (Wildman–Crippen MR) is 102 cm³/mol. The molecule has 2 aromatic rings. The largest absolute Gasteiger partial charge is 0.396 e. The average molecular weight is 373 g/mol. The quantitative estimate of drug-likeness (QED) is 0.836. The van der Waals surface area contributed by atoms with Gasteiger partial charge in [-0.2, -0.15) is 0 Å². The Hall–Kier alpha value is -2.44. The van der Waals surface area contributed by atoms with E-state index >= 15 is 0 Å². The normalized spacial score (nSPS) is 19.2. The molecule has 0 saturated carbocycles. The van der Waals surface area contributed by atoms with Crippen LogP contribution in [0.25, 0.3) is 11.4 Å². The van der Waals surface area contributed by atoms with Gasteiger partial charge in [0, 0.05) is 10.6 Å². The number of morpholine rings is 1. The molecule has 0 spiro atoms. The third-order valence-corrected chi connectivity index (χ3v) is 4.47. The summed E-state index contributed by atoms with van der Waals surface area (Å²) in [6.45, 7) is 8.36. The molecule has 0 unspecified atom stereocenters. The fraction of sp³-hybridized carbons (Fsp3) is 0.316. The van der Waals surface area contributed by atoms with Crippen LogP contribution in [0.4, 0.5) is 5.69 Å². The van der Waals surface area contributed by atoms with Crippen LogP contribution >= 0.6 is 11.6 Å². The van der Waals surface area contributed by atoms with Gasteiger partial charge >= 0.3 is 0 Å². The van der Waals surface area contributed by atoms with Crippen molar-refractivity contribution in [1.82, 2.24) is 14.9 Å². The SMILES string of the molecule is C=CC(=O)N1CC(C)(C)OC[C@H]1c1cc(Cl)cc(-c2ncc(N)cn2)c1. The number of carbonyl (C=O) groups is 1. The van der Waals surface area contributed by atoms with Crippen molar-refractivity contribution in [2.24, 2.45) is 0 Å². The van der Waals surface area contributed by atoms with E-state index in [9.17, 15) is 4.79 Å². The Morgan fingerprint density at radius 1 is 1.38 bits per heavy atom. The molecule has 1 amide bonds. The Morgan fingerprint density at radius 3 is 2.73 bits per heavy atom. The Morgan fingerprint density at radius 2 is 2.08 bits per heavy atom. The third kappa shape index (κ3) is 3.86. The van der Waals surface area contributed by atoms with E-state index in [-0.39, 0.29) is 11.9 Å². The van der Waals surface area contributed by atoms with Crippen molar-refractivity contribution in [3.63, 3.8) is 0 Å². The predicted octanol–water partition coefficient (Wildman–Crippen LogP) is 3.24. The summed E-state index contributed by atoms with van der Waals surface area (Å²) in [5.74, 6) is 0.373. The van der Waals surface area contributed by atoms with Crippen molar-refractivity contribution >= 4 is 23.2 Å². The molecule has 1 fully saturated rings. The summed E-state index contributed by atoms with van der Waals surface area (Å²) >= 11 is 6.32. The first-order chi connectivity index (χ1) is 12.3. The highest BCUT2D eigenvalue weighted by Gasteiger charge is 2.36. The number of ether oxygens (including phenoxy) is 1. The first kappa shape index (κ1) is 18.4. The van der Waals surface area contributed by atoms with Crippen molar-refractivity contribution < 1.29 is 9.53 Å². The number of halogens is 1. The molecule has 1 aliphatic heterocycles. The number of hydrogen-bond acceptors (Lipinski definition) is 5. The zero-order valence-corrected chi connectivity index (χ0v) is 15.5. The van der Waals surface area contributed by atoms with Crippen molar-refractivity contribution in [3.8, 4) is 11.4 Å². The van der Waals surface area contributed by atoms with Crippen molar-refractivity contribution in [3.05, 3.63) is 53.8 Å². The van der Waals surface area contributed by atoms with Crippen LogP contribution in [0.2, 0.25) is 5.02 Å². The van der Waals surface area contributed by atoms with E-state index in [0.29, 0.717) is 29.7 Å². The highest BCUT2D eigenvalue weighted by atomic mass is 35.5. The van der Waals surface area contributed by atoms with Gasteiger partial charge in [-0.15, -0.1) is 0 Å². The van der Waals surface area contributed by atoms with Crippen molar-refractivity contribution in [1.29, 1.82) is 0 Å². The van der Waals surface area contributed by atoms with E-state index in [1.165, 1.54) is 6.08 Å². The lowest BCUT2D eigenvalue weighted by Crippen LogP contribution is -2.51. The second-order valence-corrected chi connectivity index (χ2v) is 7.31. The van der Waals surface area contributed by atoms with E-state index in [1.807, 2.05) is 26.0 Å². The minimum Gasteiger partial charge on any atom is -0.396 e. The number of carbonyl (C=O) groups excluding carboxylic acids is 1. The molecule has 1 atom stereocenters. The number of benzene rings is 1. The van der Waals surface area contributed by atoms with Gasteiger partial charge in [0.1, 0.15) is 0 Å². The van der Waals surface area contributed by atoms with Crippen LogP contribution in [-0.2, 0) is 9.53 Å². The van der Waals surface area contributed by atoms with Gasteiger partial charge in [-0.05, 0) is 43.7 Å². The van der Waals surface area contributed by atoms with Gasteiger partial charge in [0.25, 0.3) is 0 Å². The van der Waals surface area contributed by atoms with Crippen LogP contribution in [0.15, 0.2) is 43.2 Å². The fourth-order valence-electron chi connectivity index (χ4n) is 3.01. The standard InChI is InChI=1S/C19H21ClN4O2/c1-4-17(25)24-11-19(2,3)26-10-16(24)12-5-13(7-14(20)6-12)18-22-8-15(21)9-23-18/h4-9,16H,1,10-11,21H2,2-3H3/t16-/m0/s1. The maximum atomic E-state index is 12.4. The average Bonchev–Trinajstić information content (AvgIpc) is 2.60. The van der Waals surface area contributed by atoms with Gasteiger partial charge in [-0.1, -0.05) is 18.2 Å². The van der Waals surface area contributed by atoms with Gasteiger partial charge in [0.2, 0.25) is 5.91 Å². The minimum atomic E-state index is -0.420. The molecule has 2 N–H and O–H groups in total. The summed E-state index contributed by atoms with van der Waals surface area (Å²) in [6.07, 6.45) is 4.41. The molecule has 136 valence electrons. The van der Waals surface area contributed by atoms with Gasteiger partial charge < -0.3 is 15.4 Å². The van der Waals surface area contributed by atoms with E-state index < -0.39 is 5.60 Å². The first-order valence-corrected chi connectivity index (χ1v) is 8.62. The first-order valence-electron chi connectivity index (χ1n) is 8.24. The molecule has 0 aliphatic carbocycles. The van der Waals surface area contributed by atoms with Gasteiger partial charge in [-0.25, -0.2) is 9.97 Å². The molecule has 2 heterocycles. The lowest BCUT2D eigenvalue weighted by molar-refractivity contribution is -0.151. The smallest absolute Gasteiger partial charge is 0.246 e. The molecule has 0 radical (unpaired) electrons. The molecule has 7 heteroatoms. The van der Waals surface area contributed by atoms with Gasteiger partial charge in [-0.3, -0.25) is 4.79 Å². The van der Waals surface area contributed by atoms with Crippen LogP contribution in [0.5, 0.6) is 0 Å². The van der Waals surface area contributed by atoms with Crippen LogP contribution in [0.3, 0.4) is 0 Å². The number of nitrogens with two attached hydrogens (primary N) is 1. The summed E-state index contributed by atoms with van der Waals surface area (Å²) in [7, 11) is 0. The van der Waals surface area contributed by atoms with Crippen LogP contribution in [0.1, 0.15) is 25.5 Å². The zero-order valence-electron chi connectivity index (χ0n) is 14.8. The second-order valence-electron chi connectivity index (χ2n) is 6.87. The number of anilines is 1. The Balaban J connectivity index is 2.00. The molecular formula is C19H21ClN4O2. The molecule has 1 aromatic carbocycles. The molecule has 1 aromatic heterocycles. The summed E-state index contributed by atoms with van der Waals surface area (Å²) < 4.78 is 5.94. The summed E-state index contributed by atoms with van der Waals surface area (Å²) in [4.78, 5) is 22.6. The molecule has 1 saturated heterocycles. The lowest BCUT2D eigenvalue weighted by atomic mass is 9.97. The van der Waals surface area contributed by atoms with Gasteiger partial charge in [0.05, 0.1) is 42.9 Å². The summed E-state index contributed by atoms with van der Waals surface area (Å²) in [5, 5.41) is 0.536. The number of rotatable bonds is 3. The molecular weight excluding hydrogens is 352 g/mol. The minimum absolute atomic E-state index is 0.142. The van der Waals surface area contributed by atoms with E-state index in [1.54, 1.807) is 23.4 Å². The summed E-state index contributed by atoms with van der Waals surface area (Å²) in [6, 6.07) is 5.27. The summed E-state index contributed by atoms with van der Waals surface area (Å²) in [5.41, 5.74) is 7.33. The molecule has 6 nitrogen and oxygen atoms in total. The number of hydrogen-bond donors (Lipinski definition) is 1. The number of amides is 1. The van der Waals surface area contributed by atoms with E-state index in [0.717, 1.165) is 11.1 Å². The lowest BCUT2D eigenvalue weighted by Gasteiger charge is -2.43. The zero-order chi connectivity index (χ0) is 18.9. The third-order valence-electron chi connectivity index (χ3n) is 4.25. The molecule has 0 bridgehead atoms. The maximum Gasteiger partial charge on any atom is 0.246 e. The maximum absolute atomic E-state index is 12.4. The Labute approximate surface area is 157 Å². The highest BCUT2D eigenvalue weighted by molar-refractivity contribution is 6.31. The Kier molecular flexibility index (Phi) is 4.98. The molecule has 3 rings (SSSR count). The van der Waals surface area contributed by atoms with E-state index in [2.05, 4.69) is 16.5 Å². The topological polar surface area (TPSA) is 81.3 Å². The van der Waals surface area contributed by atoms with Crippen molar-refractivity contribution in [2.45, 2.75) is 25.5 Å². The monoisotopic (exact) mass is 372 g/mol. The molecule has 1 aliphatic rings. The van der Waals surface area contributed by atoms with Gasteiger partial charge in [0.15, 0.2) is 5.82 Å².